The fourth-order valence-corrected chi connectivity index (χ4v) is 3.53. The fraction of sp³-hybridized carbons (Fsp3) is 0.333. The molecule has 0 saturated carbocycles. The number of guanidine groups is 1. The zero-order chi connectivity index (χ0) is 20.8. The average molecular weight is 536 g/mol. The van der Waals surface area contributed by atoms with E-state index in [0.29, 0.717) is 18.9 Å². The van der Waals surface area contributed by atoms with Crippen LogP contribution in [-0.4, -0.2) is 51.8 Å². The molecule has 1 unspecified atom stereocenters. The number of aromatic amines is 1. The summed E-state index contributed by atoms with van der Waals surface area (Å²) < 4.78 is 14.0. The molecule has 2 aromatic heterocycles. The largest absolute Gasteiger partial charge is 0.357 e. The number of hydrogen-bond donors (Lipinski definition) is 3. The molecule has 0 amide bonds. The normalized spacial score (nSPS) is 16.1. The Morgan fingerprint density at radius 3 is 2.97 bits per heavy atom. The van der Waals surface area contributed by atoms with Gasteiger partial charge in [-0.05, 0) is 37.1 Å². The van der Waals surface area contributed by atoms with E-state index >= 15 is 0 Å². The van der Waals surface area contributed by atoms with Crippen molar-refractivity contribution in [2.45, 2.75) is 25.9 Å². The van der Waals surface area contributed by atoms with Crippen molar-refractivity contribution < 1.29 is 4.39 Å². The quantitative estimate of drug-likeness (QED) is 0.255. The molecule has 4 rings (SSSR count). The molecule has 3 heterocycles. The Bertz CT molecular complexity index is 995. The maximum atomic E-state index is 14.0. The predicted molar refractivity (Wildman–Crippen MR) is 130 cm³/mol. The minimum Gasteiger partial charge on any atom is -0.357 e. The van der Waals surface area contributed by atoms with Gasteiger partial charge in [-0.2, -0.15) is 5.10 Å². The molecule has 3 aromatic rings. The number of halogens is 2. The van der Waals surface area contributed by atoms with Gasteiger partial charge in [0.15, 0.2) is 23.4 Å². The summed E-state index contributed by atoms with van der Waals surface area (Å²) in [6.07, 6.45) is 4.01. The highest BCUT2D eigenvalue weighted by molar-refractivity contribution is 14.0. The lowest BCUT2D eigenvalue weighted by Crippen LogP contribution is -2.44. The number of hydrogen-bond acceptors (Lipinski definition) is 5. The van der Waals surface area contributed by atoms with Gasteiger partial charge in [0.25, 0.3) is 0 Å². The molecule has 1 fully saturated rings. The first-order chi connectivity index (χ1) is 14.7. The van der Waals surface area contributed by atoms with Crippen LogP contribution >= 0.6 is 24.0 Å². The first-order valence-corrected chi connectivity index (χ1v) is 10.1. The molecular weight excluding hydrogens is 510 g/mol. The van der Waals surface area contributed by atoms with Gasteiger partial charge < -0.3 is 15.5 Å². The van der Waals surface area contributed by atoms with E-state index in [0.717, 1.165) is 42.4 Å². The lowest BCUT2D eigenvalue weighted by molar-refractivity contribution is 0.612. The van der Waals surface area contributed by atoms with Crippen LogP contribution in [0.25, 0.3) is 11.4 Å². The molecular formula is C21H26FIN8. The van der Waals surface area contributed by atoms with Gasteiger partial charge in [-0.15, -0.1) is 24.0 Å². The van der Waals surface area contributed by atoms with Crippen molar-refractivity contribution in [2.24, 2.45) is 4.99 Å². The van der Waals surface area contributed by atoms with Crippen LogP contribution in [0.2, 0.25) is 0 Å². The number of rotatable bonds is 6. The third-order valence-electron chi connectivity index (χ3n) is 4.95. The van der Waals surface area contributed by atoms with Crippen LogP contribution in [0.5, 0.6) is 0 Å². The number of nitrogens with zero attached hydrogens (tertiary/aromatic N) is 5. The van der Waals surface area contributed by atoms with Crippen molar-refractivity contribution in [3.8, 4) is 11.4 Å². The van der Waals surface area contributed by atoms with E-state index in [1.807, 2.05) is 30.0 Å². The Kier molecular flexibility index (Phi) is 8.15. The molecule has 3 N–H and O–H groups in total. The lowest BCUT2D eigenvalue weighted by Gasteiger charge is -2.20. The standard InChI is InChI=1S/C21H25FN8.HI/c1-2-23-21(25-12-15-5-3-6-16(11-15)19-26-14-27-29-19)28-17-8-10-30(13-17)20-18(22)7-4-9-24-20;/h3-7,9,11,14,17H,2,8,10,12-13H2,1H3,(H2,23,25,28)(H,26,27,29);1H. The van der Waals surface area contributed by atoms with Gasteiger partial charge in [-0.25, -0.2) is 19.4 Å². The monoisotopic (exact) mass is 536 g/mol. The molecule has 164 valence electrons. The van der Waals surface area contributed by atoms with E-state index in [2.05, 4.69) is 36.9 Å². The zero-order valence-electron chi connectivity index (χ0n) is 17.3. The summed E-state index contributed by atoms with van der Waals surface area (Å²) in [6.45, 7) is 4.76. The SMILES string of the molecule is CCNC(=NCc1cccc(-c2ncn[nH]2)c1)NC1CCN(c2ncccc2F)C1.I. The second kappa shape index (κ2) is 11.0. The van der Waals surface area contributed by atoms with Crippen LogP contribution < -0.4 is 15.5 Å². The molecule has 0 spiro atoms. The third-order valence-corrected chi connectivity index (χ3v) is 4.95. The minimum absolute atomic E-state index is 0. The number of anilines is 1. The summed E-state index contributed by atoms with van der Waals surface area (Å²) in [5, 5.41) is 13.5. The lowest BCUT2D eigenvalue weighted by atomic mass is 10.1. The van der Waals surface area contributed by atoms with Crippen molar-refractivity contribution in [1.82, 2.24) is 30.8 Å². The molecule has 1 aliphatic heterocycles. The maximum Gasteiger partial charge on any atom is 0.191 e. The van der Waals surface area contributed by atoms with Crippen molar-refractivity contribution in [3.05, 3.63) is 60.3 Å². The predicted octanol–water partition coefficient (Wildman–Crippen LogP) is 2.96. The molecule has 1 aliphatic rings. The Hall–Kier alpha value is -2.76. The van der Waals surface area contributed by atoms with Gasteiger partial charge in [0.05, 0.1) is 6.54 Å². The highest BCUT2D eigenvalue weighted by Gasteiger charge is 2.25. The van der Waals surface area contributed by atoms with Gasteiger partial charge in [-0.3, -0.25) is 5.10 Å². The van der Waals surface area contributed by atoms with Crippen molar-refractivity contribution in [1.29, 1.82) is 0 Å². The second-order valence-corrected chi connectivity index (χ2v) is 7.11. The summed E-state index contributed by atoms with van der Waals surface area (Å²) >= 11 is 0. The van der Waals surface area contributed by atoms with Crippen LogP contribution in [0.4, 0.5) is 10.2 Å². The summed E-state index contributed by atoms with van der Waals surface area (Å²) in [4.78, 5) is 15.1. The summed E-state index contributed by atoms with van der Waals surface area (Å²) in [5.74, 6) is 1.60. The molecule has 0 radical (unpaired) electrons. The van der Waals surface area contributed by atoms with Crippen molar-refractivity contribution >= 4 is 35.8 Å². The Morgan fingerprint density at radius 2 is 2.19 bits per heavy atom. The molecule has 1 atom stereocenters. The van der Waals surface area contributed by atoms with E-state index in [9.17, 15) is 4.39 Å². The van der Waals surface area contributed by atoms with Crippen molar-refractivity contribution in [2.75, 3.05) is 24.5 Å². The topological polar surface area (TPSA) is 94.1 Å². The van der Waals surface area contributed by atoms with Crippen LogP contribution in [-0.2, 0) is 6.54 Å². The Morgan fingerprint density at radius 1 is 1.29 bits per heavy atom. The number of aliphatic imine (C=N–C) groups is 1. The average Bonchev–Trinajstić information content (AvgIpc) is 3.45. The van der Waals surface area contributed by atoms with E-state index < -0.39 is 0 Å². The molecule has 10 heteroatoms. The highest BCUT2D eigenvalue weighted by Crippen LogP contribution is 2.21. The van der Waals surface area contributed by atoms with Gasteiger partial charge in [-0.1, -0.05) is 18.2 Å². The first kappa shape index (κ1) is 22.9. The van der Waals surface area contributed by atoms with Gasteiger partial charge in [0, 0.05) is 37.4 Å². The van der Waals surface area contributed by atoms with Crippen LogP contribution in [0.1, 0.15) is 18.9 Å². The number of nitrogens with one attached hydrogen (secondary N) is 3. The number of benzene rings is 1. The minimum atomic E-state index is -0.287. The number of H-pyrrole nitrogens is 1. The summed E-state index contributed by atoms with van der Waals surface area (Å²) in [5.41, 5.74) is 2.05. The molecule has 0 bridgehead atoms. The van der Waals surface area contributed by atoms with E-state index in [1.54, 1.807) is 12.3 Å². The molecule has 8 nitrogen and oxygen atoms in total. The van der Waals surface area contributed by atoms with Crippen molar-refractivity contribution in [3.63, 3.8) is 0 Å². The summed E-state index contributed by atoms with van der Waals surface area (Å²) in [6, 6.07) is 11.3. The van der Waals surface area contributed by atoms with Crippen LogP contribution in [0, 0.1) is 5.82 Å². The molecule has 1 aromatic carbocycles. The maximum absolute atomic E-state index is 14.0. The van der Waals surface area contributed by atoms with Gasteiger partial charge in [0.2, 0.25) is 0 Å². The van der Waals surface area contributed by atoms with Gasteiger partial charge >= 0.3 is 0 Å². The van der Waals surface area contributed by atoms with E-state index in [-0.39, 0.29) is 35.8 Å². The smallest absolute Gasteiger partial charge is 0.191 e. The van der Waals surface area contributed by atoms with E-state index in [4.69, 9.17) is 4.99 Å². The van der Waals surface area contributed by atoms with Crippen LogP contribution in [0.3, 0.4) is 0 Å². The number of aromatic nitrogens is 4. The first-order valence-electron chi connectivity index (χ1n) is 10.1. The van der Waals surface area contributed by atoms with Crippen LogP contribution in [0.15, 0.2) is 53.9 Å². The summed E-state index contributed by atoms with van der Waals surface area (Å²) in [7, 11) is 0. The third kappa shape index (κ3) is 5.90. The van der Waals surface area contributed by atoms with E-state index in [1.165, 1.54) is 12.4 Å². The fourth-order valence-electron chi connectivity index (χ4n) is 3.53. The molecule has 0 aliphatic carbocycles. The molecule has 31 heavy (non-hydrogen) atoms. The Labute approximate surface area is 197 Å². The molecule has 1 saturated heterocycles. The van der Waals surface area contributed by atoms with Gasteiger partial charge in [0.1, 0.15) is 6.33 Å². The zero-order valence-corrected chi connectivity index (χ0v) is 19.6. The second-order valence-electron chi connectivity index (χ2n) is 7.11. The Balaban J connectivity index is 0.00000272. The highest BCUT2D eigenvalue weighted by atomic mass is 127. The number of pyridine rings is 1.